The molecule has 0 saturated heterocycles. The normalized spacial score (nSPS) is 13.9. The van der Waals surface area contributed by atoms with E-state index in [9.17, 15) is 18.5 Å². The Kier molecular flexibility index (Phi) is 8.10. The number of nitrogens with two attached hydrogens (primary N) is 1. The number of rotatable bonds is 8. The summed E-state index contributed by atoms with van der Waals surface area (Å²) in [6, 6.07) is 3.60. The predicted octanol–water partition coefficient (Wildman–Crippen LogP) is 2.07. The lowest BCUT2D eigenvalue weighted by Gasteiger charge is -2.30. The summed E-state index contributed by atoms with van der Waals surface area (Å²) in [5, 5.41) is 11.2. The van der Waals surface area contributed by atoms with Crippen LogP contribution in [-0.2, 0) is 10.0 Å². The molecule has 0 aliphatic carbocycles. The number of benzene rings is 1. The topological polar surface area (TPSA) is 125 Å². The molecule has 8 nitrogen and oxygen atoms in total. The first-order valence-corrected chi connectivity index (χ1v) is 8.59. The number of hydrogen-bond donors (Lipinski definition) is 2. The van der Waals surface area contributed by atoms with Gasteiger partial charge in [0.15, 0.2) is 4.90 Å². The summed E-state index contributed by atoms with van der Waals surface area (Å²) in [5.74, 6) is 0.413. The smallest absolute Gasteiger partial charge is 0.293 e. The second-order valence-corrected chi connectivity index (χ2v) is 7.71. The van der Waals surface area contributed by atoms with Crippen LogP contribution in [0, 0.1) is 16.0 Å². The van der Waals surface area contributed by atoms with Gasteiger partial charge in [-0.05, 0) is 31.4 Å². The molecule has 0 fully saturated rings. The van der Waals surface area contributed by atoms with Crippen LogP contribution in [0.1, 0.15) is 27.2 Å². The fourth-order valence-electron chi connectivity index (χ4n) is 2.44. The van der Waals surface area contributed by atoms with Gasteiger partial charge in [-0.1, -0.05) is 13.8 Å². The number of ether oxygens (including phenoxy) is 1. The Morgan fingerprint density at radius 3 is 2.42 bits per heavy atom. The van der Waals surface area contributed by atoms with E-state index in [0.717, 1.165) is 12.1 Å². The maximum absolute atomic E-state index is 12.6. The molecule has 1 atom stereocenters. The fraction of sp³-hybridized carbons (Fsp3) is 0.571. The number of nitro benzene ring substituents is 1. The zero-order valence-corrected chi connectivity index (χ0v) is 15.7. The number of hydrogen-bond acceptors (Lipinski definition) is 6. The Labute approximate surface area is 148 Å². The van der Waals surface area contributed by atoms with Crippen molar-refractivity contribution < 1.29 is 18.1 Å². The third-order valence-electron chi connectivity index (χ3n) is 3.34. The standard InChI is InChI=1S/C14H23N3O5S.ClH/c1-10(2)8-14(3,9-15)16-23(20,21)13-6-5-11(22-4)7-12(13)17(18)19;/h5-7,10,16H,8-9,15H2,1-4H3;1H. The second kappa shape index (κ2) is 8.61. The molecule has 3 N–H and O–H groups in total. The third kappa shape index (κ3) is 5.59. The number of nitrogens with one attached hydrogen (secondary N) is 1. The zero-order chi connectivity index (χ0) is 17.8. The molecule has 138 valence electrons. The molecule has 0 heterocycles. The van der Waals surface area contributed by atoms with Crippen molar-refractivity contribution in [3.8, 4) is 5.75 Å². The van der Waals surface area contributed by atoms with Crippen molar-refractivity contribution in [2.24, 2.45) is 11.7 Å². The largest absolute Gasteiger partial charge is 0.497 e. The first kappa shape index (κ1) is 22.6. The van der Waals surface area contributed by atoms with Crippen molar-refractivity contribution >= 4 is 28.1 Å². The van der Waals surface area contributed by atoms with E-state index in [-0.39, 0.29) is 30.6 Å². The maximum Gasteiger partial charge on any atom is 0.293 e. The summed E-state index contributed by atoms with van der Waals surface area (Å²) in [5.41, 5.74) is 4.27. The lowest BCUT2D eigenvalue weighted by molar-refractivity contribution is -0.387. The highest BCUT2D eigenvalue weighted by Crippen LogP contribution is 2.29. The quantitative estimate of drug-likeness (QED) is 0.524. The third-order valence-corrected chi connectivity index (χ3v) is 5.03. The highest BCUT2D eigenvalue weighted by Gasteiger charge is 2.34. The lowest BCUT2D eigenvalue weighted by atomic mass is 9.92. The minimum absolute atomic E-state index is 0. The van der Waals surface area contributed by atoms with Gasteiger partial charge in [-0.2, -0.15) is 0 Å². The second-order valence-electron chi connectivity index (χ2n) is 6.06. The van der Waals surface area contributed by atoms with Gasteiger partial charge in [-0.25, -0.2) is 13.1 Å². The van der Waals surface area contributed by atoms with E-state index in [1.807, 2.05) is 13.8 Å². The molecule has 0 radical (unpaired) electrons. The number of methoxy groups -OCH3 is 1. The van der Waals surface area contributed by atoms with Crippen LogP contribution < -0.4 is 15.2 Å². The summed E-state index contributed by atoms with van der Waals surface area (Å²) >= 11 is 0. The molecule has 24 heavy (non-hydrogen) atoms. The molecule has 10 heteroatoms. The van der Waals surface area contributed by atoms with Gasteiger partial charge >= 0.3 is 0 Å². The van der Waals surface area contributed by atoms with Gasteiger partial charge in [0.2, 0.25) is 10.0 Å². The van der Waals surface area contributed by atoms with Crippen molar-refractivity contribution in [2.45, 2.75) is 37.6 Å². The Balaban J connectivity index is 0.00000529. The Bertz CT molecular complexity index is 681. The molecule has 1 aromatic carbocycles. The molecule has 1 rings (SSSR count). The van der Waals surface area contributed by atoms with E-state index in [2.05, 4.69) is 4.72 Å². The Morgan fingerprint density at radius 2 is 2.00 bits per heavy atom. The van der Waals surface area contributed by atoms with Gasteiger partial charge in [0, 0.05) is 12.1 Å². The molecule has 0 saturated carbocycles. The molecule has 0 spiro atoms. The highest BCUT2D eigenvalue weighted by molar-refractivity contribution is 7.89. The van der Waals surface area contributed by atoms with E-state index >= 15 is 0 Å². The van der Waals surface area contributed by atoms with E-state index in [1.54, 1.807) is 6.92 Å². The van der Waals surface area contributed by atoms with Crippen LogP contribution in [0.3, 0.4) is 0 Å². The Hall–Kier alpha value is -1.42. The summed E-state index contributed by atoms with van der Waals surface area (Å²) in [6.07, 6.45) is 0.507. The van der Waals surface area contributed by atoms with Gasteiger partial charge in [-0.15, -0.1) is 12.4 Å². The Morgan fingerprint density at radius 1 is 1.42 bits per heavy atom. The SMILES string of the molecule is COc1ccc(S(=O)(=O)NC(C)(CN)CC(C)C)c([N+](=O)[O-])c1.Cl. The van der Waals surface area contributed by atoms with Crippen LogP contribution >= 0.6 is 12.4 Å². The molecule has 0 bridgehead atoms. The summed E-state index contributed by atoms with van der Waals surface area (Å²) in [4.78, 5) is 10.0. The van der Waals surface area contributed by atoms with E-state index in [1.165, 1.54) is 13.2 Å². The summed E-state index contributed by atoms with van der Waals surface area (Å²) < 4.78 is 32.6. The molecule has 0 aliphatic heterocycles. The summed E-state index contributed by atoms with van der Waals surface area (Å²) in [7, 11) is -2.76. The predicted molar refractivity (Wildman–Crippen MR) is 94.1 cm³/mol. The number of nitrogens with zero attached hydrogens (tertiary/aromatic N) is 1. The van der Waals surface area contributed by atoms with Crippen molar-refractivity contribution in [3.05, 3.63) is 28.3 Å². The van der Waals surface area contributed by atoms with Gasteiger partial charge in [-0.3, -0.25) is 10.1 Å². The van der Waals surface area contributed by atoms with Crippen LogP contribution in [0.15, 0.2) is 23.1 Å². The van der Waals surface area contributed by atoms with E-state index in [4.69, 9.17) is 10.5 Å². The number of sulfonamides is 1. The van der Waals surface area contributed by atoms with Gasteiger partial charge in [0.1, 0.15) is 5.75 Å². The van der Waals surface area contributed by atoms with Crippen molar-refractivity contribution in [3.63, 3.8) is 0 Å². The molecular formula is C14H24ClN3O5S. The lowest BCUT2D eigenvalue weighted by Crippen LogP contribution is -2.52. The molecule has 0 aromatic heterocycles. The van der Waals surface area contributed by atoms with Crippen LogP contribution in [0.4, 0.5) is 5.69 Å². The monoisotopic (exact) mass is 381 g/mol. The average Bonchev–Trinajstić information content (AvgIpc) is 2.45. The number of nitro groups is 1. The number of halogens is 1. The van der Waals surface area contributed by atoms with Crippen molar-refractivity contribution in [1.82, 2.24) is 4.72 Å². The van der Waals surface area contributed by atoms with Gasteiger partial charge in [0.05, 0.1) is 18.1 Å². The summed E-state index contributed by atoms with van der Waals surface area (Å²) in [6.45, 7) is 5.64. The fourth-order valence-corrected chi connectivity index (χ4v) is 4.02. The van der Waals surface area contributed by atoms with Crippen molar-refractivity contribution in [1.29, 1.82) is 0 Å². The zero-order valence-electron chi connectivity index (χ0n) is 14.1. The molecule has 1 unspecified atom stereocenters. The van der Waals surface area contributed by atoms with Gasteiger partial charge in [0.25, 0.3) is 5.69 Å². The average molecular weight is 382 g/mol. The van der Waals surface area contributed by atoms with Crippen LogP contribution in [-0.4, -0.2) is 32.5 Å². The first-order valence-electron chi connectivity index (χ1n) is 7.11. The van der Waals surface area contributed by atoms with E-state index < -0.39 is 31.1 Å². The highest BCUT2D eigenvalue weighted by atomic mass is 35.5. The molecule has 1 aromatic rings. The van der Waals surface area contributed by atoms with Gasteiger partial charge < -0.3 is 10.5 Å². The maximum atomic E-state index is 12.6. The van der Waals surface area contributed by atoms with Crippen LogP contribution in [0.2, 0.25) is 0 Å². The minimum Gasteiger partial charge on any atom is -0.497 e. The first-order chi connectivity index (χ1) is 10.5. The van der Waals surface area contributed by atoms with Crippen molar-refractivity contribution in [2.75, 3.05) is 13.7 Å². The molecular weight excluding hydrogens is 358 g/mol. The molecule has 0 amide bonds. The minimum atomic E-state index is -4.10. The van der Waals surface area contributed by atoms with E-state index in [0.29, 0.717) is 6.42 Å². The van der Waals surface area contributed by atoms with Crippen LogP contribution in [0.5, 0.6) is 5.75 Å². The van der Waals surface area contributed by atoms with Crippen LogP contribution in [0.25, 0.3) is 0 Å². The molecule has 0 aliphatic rings.